The number of aromatic nitrogens is 2. The van der Waals surface area contributed by atoms with Crippen LogP contribution in [0.3, 0.4) is 0 Å². The third-order valence-electron chi connectivity index (χ3n) is 5.12. The molecular weight excluding hydrogens is 362 g/mol. The minimum absolute atomic E-state index is 0.125. The number of benzene rings is 1. The molecule has 0 atom stereocenters. The summed E-state index contributed by atoms with van der Waals surface area (Å²) >= 11 is 0. The smallest absolute Gasteiger partial charge is 0.338 e. The van der Waals surface area contributed by atoms with Crippen LogP contribution in [-0.2, 0) is 11.2 Å². The monoisotopic (exact) mass is 387 g/mol. The first-order valence-electron chi connectivity index (χ1n) is 9.28. The van der Waals surface area contributed by atoms with Gasteiger partial charge in [0.05, 0.1) is 32.0 Å². The van der Waals surface area contributed by atoms with E-state index in [4.69, 9.17) is 14.6 Å². The number of carboxylic acid groups (broad SMARTS) is 1. The van der Waals surface area contributed by atoms with Gasteiger partial charge in [0, 0.05) is 25.7 Å². The third-order valence-corrected chi connectivity index (χ3v) is 5.12. The lowest BCUT2D eigenvalue weighted by atomic mass is 10.0. The Morgan fingerprint density at radius 3 is 2.50 bits per heavy atom. The first-order valence-corrected chi connectivity index (χ1v) is 9.28. The van der Waals surface area contributed by atoms with E-state index < -0.39 is 5.97 Å². The second-order valence-electron chi connectivity index (χ2n) is 6.82. The van der Waals surface area contributed by atoms with Crippen LogP contribution in [0.2, 0.25) is 0 Å². The molecule has 1 aromatic heterocycles. The molecule has 0 spiro atoms. The Hall–Kier alpha value is -3.03. The Morgan fingerprint density at radius 1 is 1.18 bits per heavy atom. The van der Waals surface area contributed by atoms with Gasteiger partial charge in [-0.3, -0.25) is 9.48 Å². The van der Waals surface area contributed by atoms with Crippen molar-refractivity contribution in [2.75, 3.05) is 27.3 Å². The molecule has 0 aliphatic carbocycles. The van der Waals surface area contributed by atoms with Gasteiger partial charge in [-0.1, -0.05) is 6.07 Å². The van der Waals surface area contributed by atoms with Gasteiger partial charge in [0.2, 0.25) is 5.91 Å². The number of aryl methyl sites for hydroxylation is 1. The number of aromatic carboxylic acids is 1. The molecule has 0 unspecified atom stereocenters. The largest absolute Gasteiger partial charge is 0.493 e. The zero-order chi connectivity index (χ0) is 20.1. The highest BCUT2D eigenvalue weighted by Gasteiger charge is 2.24. The molecule has 8 heteroatoms. The summed E-state index contributed by atoms with van der Waals surface area (Å²) in [7, 11) is 3.19. The molecule has 1 aliphatic rings. The summed E-state index contributed by atoms with van der Waals surface area (Å²) in [5, 5.41) is 13.2. The molecule has 28 heavy (non-hydrogen) atoms. The lowest BCUT2D eigenvalue weighted by Gasteiger charge is -2.32. The fourth-order valence-corrected chi connectivity index (χ4v) is 3.47. The third kappa shape index (κ3) is 4.44. The molecule has 0 saturated carbocycles. The lowest BCUT2D eigenvalue weighted by Crippen LogP contribution is -2.39. The van der Waals surface area contributed by atoms with Crippen LogP contribution in [0.1, 0.15) is 41.2 Å². The van der Waals surface area contributed by atoms with E-state index in [1.807, 2.05) is 23.1 Å². The van der Waals surface area contributed by atoms with Crippen LogP contribution in [0.4, 0.5) is 0 Å². The number of rotatable bonds is 7. The van der Waals surface area contributed by atoms with E-state index in [1.165, 1.54) is 6.20 Å². The number of carboxylic acids is 1. The van der Waals surface area contributed by atoms with Gasteiger partial charge < -0.3 is 19.5 Å². The van der Waals surface area contributed by atoms with Crippen molar-refractivity contribution in [2.45, 2.75) is 31.7 Å². The molecule has 2 heterocycles. The molecule has 1 aromatic carbocycles. The van der Waals surface area contributed by atoms with E-state index in [2.05, 4.69) is 5.10 Å². The molecule has 1 N–H and O–H groups in total. The summed E-state index contributed by atoms with van der Waals surface area (Å²) in [5.74, 6) is 0.478. The zero-order valence-corrected chi connectivity index (χ0v) is 16.1. The average molecular weight is 387 g/mol. The fourth-order valence-electron chi connectivity index (χ4n) is 3.47. The normalized spacial score (nSPS) is 14.7. The number of carbonyl (C=O) groups is 2. The van der Waals surface area contributed by atoms with Crippen molar-refractivity contribution in [3.63, 3.8) is 0 Å². The van der Waals surface area contributed by atoms with Crippen molar-refractivity contribution in [1.29, 1.82) is 0 Å². The van der Waals surface area contributed by atoms with Crippen LogP contribution in [0.5, 0.6) is 11.5 Å². The predicted molar refractivity (Wildman–Crippen MR) is 102 cm³/mol. The maximum Gasteiger partial charge on any atom is 0.338 e. The molecule has 1 saturated heterocycles. The Labute approximate surface area is 163 Å². The second-order valence-corrected chi connectivity index (χ2v) is 6.82. The number of amides is 1. The van der Waals surface area contributed by atoms with Gasteiger partial charge in [-0.25, -0.2) is 4.79 Å². The Bertz CT molecular complexity index is 840. The standard InChI is InChI=1S/C20H25N3O5/c1-27-17-5-3-14(11-18(17)28-2)4-6-19(24)22-9-7-16(8-10-22)23-13-15(12-21-23)20(25)26/h3,5,11-13,16H,4,6-10H2,1-2H3,(H,25,26). The summed E-state index contributed by atoms with van der Waals surface area (Å²) in [6.45, 7) is 1.30. The number of ether oxygens (including phenoxy) is 2. The fraction of sp³-hybridized carbons (Fsp3) is 0.450. The highest BCUT2D eigenvalue weighted by Crippen LogP contribution is 2.28. The maximum atomic E-state index is 12.6. The summed E-state index contributed by atoms with van der Waals surface area (Å²) in [6, 6.07) is 5.82. The summed E-state index contributed by atoms with van der Waals surface area (Å²) in [4.78, 5) is 25.4. The van der Waals surface area contributed by atoms with Crippen molar-refractivity contribution in [1.82, 2.24) is 14.7 Å². The summed E-state index contributed by atoms with van der Waals surface area (Å²) < 4.78 is 12.2. The Morgan fingerprint density at radius 2 is 1.89 bits per heavy atom. The number of piperidine rings is 1. The van der Waals surface area contributed by atoms with E-state index in [-0.39, 0.29) is 17.5 Å². The van der Waals surface area contributed by atoms with Gasteiger partial charge >= 0.3 is 5.97 Å². The first-order chi connectivity index (χ1) is 13.5. The van der Waals surface area contributed by atoms with Gasteiger partial charge in [-0.2, -0.15) is 5.10 Å². The van der Waals surface area contributed by atoms with Gasteiger partial charge in [0.15, 0.2) is 11.5 Å². The number of carbonyl (C=O) groups excluding carboxylic acids is 1. The molecule has 0 bridgehead atoms. The molecular formula is C20H25N3O5. The lowest BCUT2D eigenvalue weighted by molar-refractivity contribution is -0.132. The minimum Gasteiger partial charge on any atom is -0.493 e. The quantitative estimate of drug-likeness (QED) is 0.784. The van der Waals surface area contributed by atoms with E-state index in [9.17, 15) is 9.59 Å². The molecule has 1 amide bonds. The van der Waals surface area contributed by atoms with Gasteiger partial charge in [-0.15, -0.1) is 0 Å². The van der Waals surface area contributed by atoms with Crippen molar-refractivity contribution in [3.8, 4) is 11.5 Å². The molecule has 1 fully saturated rings. The molecule has 3 rings (SSSR count). The number of hydrogen-bond acceptors (Lipinski definition) is 5. The zero-order valence-electron chi connectivity index (χ0n) is 16.1. The van der Waals surface area contributed by atoms with Crippen molar-refractivity contribution >= 4 is 11.9 Å². The first kappa shape index (κ1) is 19.7. The van der Waals surface area contributed by atoms with E-state index in [0.29, 0.717) is 37.4 Å². The maximum absolute atomic E-state index is 12.6. The predicted octanol–water partition coefficient (Wildman–Crippen LogP) is 2.39. The molecule has 2 aromatic rings. The minimum atomic E-state index is -0.978. The van der Waals surface area contributed by atoms with Crippen LogP contribution in [0, 0.1) is 0 Å². The van der Waals surface area contributed by atoms with Crippen LogP contribution >= 0.6 is 0 Å². The van der Waals surface area contributed by atoms with Crippen LogP contribution in [-0.4, -0.2) is 59.0 Å². The average Bonchev–Trinajstić information content (AvgIpc) is 3.22. The second kappa shape index (κ2) is 8.77. The summed E-state index contributed by atoms with van der Waals surface area (Å²) in [5.41, 5.74) is 1.21. The van der Waals surface area contributed by atoms with Crippen LogP contribution in [0.25, 0.3) is 0 Å². The Balaban J connectivity index is 1.50. The van der Waals surface area contributed by atoms with Crippen LogP contribution < -0.4 is 9.47 Å². The number of hydrogen-bond donors (Lipinski definition) is 1. The summed E-state index contributed by atoms with van der Waals surface area (Å²) in [6.07, 6.45) is 5.53. The van der Waals surface area contributed by atoms with Crippen LogP contribution in [0.15, 0.2) is 30.6 Å². The topological polar surface area (TPSA) is 93.9 Å². The SMILES string of the molecule is COc1ccc(CCC(=O)N2CCC(n3cc(C(=O)O)cn3)CC2)cc1OC. The van der Waals surface area contributed by atoms with Crippen molar-refractivity contribution < 1.29 is 24.2 Å². The molecule has 8 nitrogen and oxygen atoms in total. The van der Waals surface area contributed by atoms with Crippen molar-refractivity contribution in [2.24, 2.45) is 0 Å². The van der Waals surface area contributed by atoms with E-state index in [1.54, 1.807) is 25.1 Å². The highest BCUT2D eigenvalue weighted by molar-refractivity contribution is 5.86. The number of likely N-dealkylation sites (tertiary alicyclic amines) is 1. The molecule has 150 valence electrons. The van der Waals surface area contributed by atoms with Gasteiger partial charge in [-0.05, 0) is 37.0 Å². The van der Waals surface area contributed by atoms with Gasteiger partial charge in [0.1, 0.15) is 0 Å². The Kier molecular flexibility index (Phi) is 6.18. The van der Waals surface area contributed by atoms with Crippen molar-refractivity contribution in [3.05, 3.63) is 41.7 Å². The molecule has 0 radical (unpaired) electrons. The van der Waals surface area contributed by atoms with E-state index in [0.717, 1.165) is 18.4 Å². The number of methoxy groups -OCH3 is 2. The highest BCUT2D eigenvalue weighted by atomic mass is 16.5. The van der Waals surface area contributed by atoms with Gasteiger partial charge in [0.25, 0.3) is 0 Å². The van der Waals surface area contributed by atoms with E-state index >= 15 is 0 Å². The number of nitrogens with zero attached hydrogens (tertiary/aromatic N) is 3. The molecule has 1 aliphatic heterocycles.